The third kappa shape index (κ3) is 3.57. The molecule has 3 aromatic rings. The fourth-order valence-corrected chi connectivity index (χ4v) is 4.38. The smallest absolute Gasteiger partial charge is 0.247 e. The summed E-state index contributed by atoms with van der Waals surface area (Å²) in [5.74, 6) is 0.770. The fraction of sp³-hybridized carbons (Fsp3) is 0.300. The Bertz CT molecular complexity index is 1100. The molecule has 28 heavy (non-hydrogen) atoms. The molecule has 1 aromatic heterocycles. The molecule has 0 atom stereocenters. The summed E-state index contributed by atoms with van der Waals surface area (Å²) in [6.45, 7) is 1.15. The van der Waals surface area contributed by atoms with Gasteiger partial charge in [-0.3, -0.25) is 0 Å². The largest absolute Gasteiger partial charge is 0.420 e. The van der Waals surface area contributed by atoms with Gasteiger partial charge in [0.2, 0.25) is 11.8 Å². The molecule has 1 saturated heterocycles. The molecule has 2 aromatic carbocycles. The minimum Gasteiger partial charge on any atom is -0.420 e. The van der Waals surface area contributed by atoms with Crippen LogP contribution in [0.5, 0.6) is 0 Å². The van der Waals surface area contributed by atoms with Crippen molar-refractivity contribution in [1.29, 1.82) is 0 Å². The van der Waals surface area contributed by atoms with Crippen LogP contribution in [-0.2, 0) is 20.0 Å². The Morgan fingerprint density at radius 1 is 1.04 bits per heavy atom. The Kier molecular flexibility index (Phi) is 4.99. The average Bonchev–Trinajstić information content (AvgIpc) is 3.19. The van der Waals surface area contributed by atoms with Crippen molar-refractivity contribution in [2.75, 3.05) is 19.5 Å². The maximum Gasteiger partial charge on any atom is 0.247 e. The monoisotopic (exact) mass is 418 g/mol. The van der Waals surface area contributed by atoms with E-state index in [1.807, 2.05) is 24.3 Å². The van der Waals surface area contributed by atoms with Gasteiger partial charge in [-0.05, 0) is 48.7 Å². The van der Waals surface area contributed by atoms with E-state index in [9.17, 15) is 8.42 Å². The van der Waals surface area contributed by atoms with Crippen LogP contribution >= 0.6 is 11.6 Å². The number of nitrogens with zero attached hydrogens (tertiary/aromatic N) is 2. The van der Waals surface area contributed by atoms with Gasteiger partial charge in [-0.25, -0.2) is 8.42 Å². The molecule has 146 valence electrons. The highest BCUT2D eigenvalue weighted by Crippen LogP contribution is 2.42. The van der Waals surface area contributed by atoms with E-state index >= 15 is 0 Å². The zero-order valence-corrected chi connectivity index (χ0v) is 16.8. The minimum atomic E-state index is -3.33. The lowest BCUT2D eigenvalue weighted by Gasteiger charge is -2.34. The highest BCUT2D eigenvalue weighted by Gasteiger charge is 2.41. The van der Waals surface area contributed by atoms with Crippen molar-refractivity contribution in [2.45, 2.75) is 23.2 Å². The van der Waals surface area contributed by atoms with E-state index in [-0.39, 0.29) is 10.8 Å². The van der Waals surface area contributed by atoms with Crippen LogP contribution in [0.25, 0.3) is 11.5 Å². The van der Waals surface area contributed by atoms with Crippen LogP contribution in [0.1, 0.15) is 24.3 Å². The summed E-state index contributed by atoms with van der Waals surface area (Å²) in [6, 6.07) is 14.2. The predicted octanol–water partition coefficient (Wildman–Crippen LogP) is 3.89. The number of ether oxygens (including phenoxy) is 1. The lowest BCUT2D eigenvalue weighted by atomic mass is 9.74. The first-order valence-corrected chi connectivity index (χ1v) is 11.1. The van der Waals surface area contributed by atoms with Crippen LogP contribution in [0, 0.1) is 0 Å². The van der Waals surface area contributed by atoms with Gasteiger partial charge in [-0.15, -0.1) is 10.2 Å². The molecule has 0 aliphatic carbocycles. The molecule has 1 aliphatic rings. The summed E-state index contributed by atoms with van der Waals surface area (Å²) in [7, 11) is -3.33. The maximum absolute atomic E-state index is 11.8. The molecular weight excluding hydrogens is 400 g/mol. The molecule has 0 bridgehead atoms. The molecule has 2 heterocycles. The number of halogens is 1. The molecule has 4 rings (SSSR count). The summed E-state index contributed by atoms with van der Waals surface area (Å²) in [5.41, 5.74) is 1.08. The van der Waals surface area contributed by atoms with E-state index in [2.05, 4.69) is 10.2 Å². The molecule has 8 heteroatoms. The molecule has 0 N–H and O–H groups in total. The first-order valence-electron chi connectivity index (χ1n) is 8.87. The fourth-order valence-electron chi connectivity index (χ4n) is 3.53. The second-order valence-electron chi connectivity index (χ2n) is 6.92. The Morgan fingerprint density at radius 3 is 2.50 bits per heavy atom. The van der Waals surface area contributed by atoms with Crippen molar-refractivity contribution in [3.05, 3.63) is 65.0 Å². The molecule has 1 aliphatic heterocycles. The zero-order chi connectivity index (χ0) is 19.8. The van der Waals surface area contributed by atoms with Gasteiger partial charge < -0.3 is 9.15 Å². The highest BCUT2D eigenvalue weighted by atomic mass is 35.5. The molecular formula is C20H19ClN2O4S. The second-order valence-corrected chi connectivity index (χ2v) is 9.37. The third-order valence-electron chi connectivity index (χ3n) is 5.07. The quantitative estimate of drug-likeness (QED) is 0.639. The average molecular weight is 419 g/mol. The minimum absolute atomic E-state index is 0.209. The molecule has 0 amide bonds. The maximum atomic E-state index is 11.8. The van der Waals surface area contributed by atoms with Crippen LogP contribution in [0.4, 0.5) is 0 Å². The van der Waals surface area contributed by atoms with Crippen LogP contribution in [0.2, 0.25) is 5.02 Å². The number of aromatic nitrogens is 2. The summed E-state index contributed by atoms with van der Waals surface area (Å²) in [5, 5.41) is 9.16. The third-order valence-corrected chi connectivity index (χ3v) is 6.41. The van der Waals surface area contributed by atoms with Crippen molar-refractivity contribution >= 4 is 21.4 Å². The van der Waals surface area contributed by atoms with Crippen molar-refractivity contribution in [3.8, 4) is 11.5 Å². The lowest BCUT2D eigenvalue weighted by Crippen LogP contribution is -2.35. The van der Waals surface area contributed by atoms with E-state index in [0.29, 0.717) is 42.5 Å². The topological polar surface area (TPSA) is 82.3 Å². The zero-order valence-electron chi connectivity index (χ0n) is 15.3. The normalized spacial score (nSPS) is 16.8. The van der Waals surface area contributed by atoms with E-state index in [1.165, 1.54) is 6.26 Å². The molecule has 0 spiro atoms. The summed E-state index contributed by atoms with van der Waals surface area (Å²) in [6.07, 6.45) is 2.55. The second kappa shape index (κ2) is 7.31. The van der Waals surface area contributed by atoms with Gasteiger partial charge in [0.25, 0.3) is 0 Å². The highest BCUT2D eigenvalue weighted by molar-refractivity contribution is 7.90. The van der Waals surface area contributed by atoms with Crippen molar-refractivity contribution in [3.63, 3.8) is 0 Å². The number of sulfone groups is 1. The van der Waals surface area contributed by atoms with Gasteiger partial charge in [0.1, 0.15) is 0 Å². The number of benzene rings is 2. The van der Waals surface area contributed by atoms with Gasteiger partial charge in [-0.1, -0.05) is 29.8 Å². The molecule has 0 unspecified atom stereocenters. The first-order chi connectivity index (χ1) is 13.4. The summed E-state index contributed by atoms with van der Waals surface area (Å²) >= 11 is 6.22. The van der Waals surface area contributed by atoms with Crippen molar-refractivity contribution < 1.29 is 17.6 Å². The molecule has 1 fully saturated rings. The Hall–Kier alpha value is -2.22. The van der Waals surface area contributed by atoms with E-state index in [4.69, 9.17) is 20.8 Å². The van der Waals surface area contributed by atoms with Crippen LogP contribution in [-0.4, -0.2) is 38.1 Å². The van der Waals surface area contributed by atoms with E-state index < -0.39 is 15.3 Å². The van der Waals surface area contributed by atoms with Crippen molar-refractivity contribution in [1.82, 2.24) is 10.2 Å². The van der Waals surface area contributed by atoms with Gasteiger partial charge >= 0.3 is 0 Å². The Labute approximate surface area is 168 Å². The van der Waals surface area contributed by atoms with Crippen LogP contribution in [0.3, 0.4) is 0 Å². The van der Waals surface area contributed by atoms with Gasteiger partial charge in [-0.2, -0.15) is 0 Å². The lowest BCUT2D eigenvalue weighted by molar-refractivity contribution is 0.0546. The predicted molar refractivity (Wildman–Crippen MR) is 105 cm³/mol. The molecule has 0 radical (unpaired) electrons. The van der Waals surface area contributed by atoms with Gasteiger partial charge in [0, 0.05) is 30.1 Å². The van der Waals surface area contributed by atoms with Crippen LogP contribution < -0.4 is 0 Å². The van der Waals surface area contributed by atoms with Crippen LogP contribution in [0.15, 0.2) is 57.8 Å². The van der Waals surface area contributed by atoms with Gasteiger partial charge in [0.15, 0.2) is 9.84 Å². The summed E-state index contributed by atoms with van der Waals surface area (Å²) in [4.78, 5) is 0.209. The Morgan fingerprint density at radius 2 is 1.79 bits per heavy atom. The number of hydrogen-bond donors (Lipinski definition) is 0. The van der Waals surface area contributed by atoms with E-state index in [1.54, 1.807) is 24.3 Å². The SMILES string of the molecule is CS(=O)(=O)c1cccc(-c2nnc(C3(c4cccc(Cl)c4)CCOCC3)o2)c1. The molecule has 6 nitrogen and oxygen atoms in total. The first kappa shape index (κ1) is 19.1. The van der Waals surface area contributed by atoms with Gasteiger partial charge in [0.05, 0.1) is 10.3 Å². The van der Waals surface area contributed by atoms with Crippen molar-refractivity contribution in [2.24, 2.45) is 0 Å². The summed E-state index contributed by atoms with van der Waals surface area (Å²) < 4.78 is 35.3. The number of rotatable bonds is 4. The number of hydrogen-bond acceptors (Lipinski definition) is 6. The Balaban J connectivity index is 1.78. The molecule has 0 saturated carbocycles. The standard InChI is InChI=1S/C20H19ClN2O4S/c1-28(24,25)17-7-2-4-14(12-17)18-22-23-19(27-18)20(8-10-26-11-9-20)15-5-3-6-16(21)13-15/h2-7,12-13H,8-11H2,1H3. The van der Waals surface area contributed by atoms with E-state index in [0.717, 1.165) is 5.56 Å².